The lowest BCUT2D eigenvalue weighted by molar-refractivity contribution is -0.121. The fourth-order valence-corrected chi connectivity index (χ4v) is 8.28. The van der Waals surface area contributed by atoms with Crippen LogP contribution in [-0.4, -0.2) is 28.8 Å². The van der Waals surface area contributed by atoms with Crippen LogP contribution in [0.4, 0.5) is 0 Å². The van der Waals surface area contributed by atoms with Crippen molar-refractivity contribution in [2.75, 3.05) is 6.54 Å². The number of carbonyl (C=O) groups excluding carboxylic acids is 1. The molecule has 0 aromatic heterocycles. The van der Waals surface area contributed by atoms with Gasteiger partial charge in [-0.3, -0.25) is 4.79 Å². The number of fused-ring (bicyclic) bond motifs is 5. The molecule has 208 valence electrons. The molecule has 4 heteroatoms. The maximum Gasteiger partial charge on any atom is 0.219 e. The van der Waals surface area contributed by atoms with Crippen LogP contribution < -0.4 is 5.32 Å². The van der Waals surface area contributed by atoms with E-state index in [1.807, 2.05) is 12.1 Å². The number of aliphatic hydroxyl groups excluding tert-OH is 1. The Kier molecular flexibility index (Phi) is 10.4. The summed E-state index contributed by atoms with van der Waals surface area (Å²) in [5.74, 6) is 3.24. The van der Waals surface area contributed by atoms with E-state index in [0.29, 0.717) is 35.8 Å². The summed E-state index contributed by atoms with van der Waals surface area (Å²) in [7, 11) is 0. The Morgan fingerprint density at radius 1 is 1.00 bits per heavy atom. The van der Waals surface area contributed by atoms with E-state index >= 15 is 0 Å². The van der Waals surface area contributed by atoms with Crippen molar-refractivity contribution in [1.82, 2.24) is 5.32 Å². The predicted octanol–water partition coefficient (Wildman–Crippen LogP) is 7.65. The molecule has 1 amide bonds. The van der Waals surface area contributed by atoms with E-state index in [2.05, 4.69) is 25.2 Å². The van der Waals surface area contributed by atoms with Crippen LogP contribution in [0.5, 0.6) is 5.75 Å². The maximum absolute atomic E-state index is 11.8. The first-order chi connectivity index (χ1) is 17.9. The van der Waals surface area contributed by atoms with E-state index in [-0.39, 0.29) is 17.4 Å². The van der Waals surface area contributed by atoms with Crippen LogP contribution in [0.2, 0.25) is 0 Å². The highest BCUT2D eigenvalue weighted by molar-refractivity contribution is 5.75. The van der Waals surface area contributed by atoms with Gasteiger partial charge in [-0.05, 0) is 104 Å². The number of hydrogen-bond acceptors (Lipinski definition) is 3. The number of nitrogens with one attached hydrogen (secondary N) is 1. The van der Waals surface area contributed by atoms with Gasteiger partial charge in [0.1, 0.15) is 5.75 Å². The largest absolute Gasteiger partial charge is 0.508 e. The summed E-state index contributed by atoms with van der Waals surface area (Å²) in [6.07, 6.45) is 19.6. The predicted molar refractivity (Wildman–Crippen MR) is 152 cm³/mol. The lowest BCUT2D eigenvalue weighted by Gasteiger charge is -2.53. The highest BCUT2D eigenvalue weighted by Gasteiger charge is 2.56. The van der Waals surface area contributed by atoms with Gasteiger partial charge in [0.2, 0.25) is 5.91 Å². The van der Waals surface area contributed by atoms with Crippen LogP contribution in [0, 0.1) is 23.2 Å². The zero-order valence-electron chi connectivity index (χ0n) is 23.6. The Bertz CT molecular complexity index is 869. The van der Waals surface area contributed by atoms with Crippen LogP contribution >= 0.6 is 0 Å². The van der Waals surface area contributed by atoms with Crippen LogP contribution in [0.15, 0.2) is 18.2 Å². The van der Waals surface area contributed by atoms with Gasteiger partial charge < -0.3 is 15.5 Å². The summed E-state index contributed by atoms with van der Waals surface area (Å²) < 4.78 is 0. The zero-order valence-corrected chi connectivity index (χ0v) is 23.6. The molecule has 4 rings (SSSR count). The van der Waals surface area contributed by atoms with Crippen LogP contribution in [0.3, 0.4) is 0 Å². The molecule has 3 N–H and O–H groups in total. The number of unbranched alkanes of at least 4 members (excludes halogenated alkanes) is 8. The minimum absolute atomic E-state index is 0.101. The molecule has 0 saturated heterocycles. The first kappa shape index (κ1) is 28.5. The zero-order chi connectivity index (χ0) is 26.3. The van der Waals surface area contributed by atoms with Crippen molar-refractivity contribution in [3.63, 3.8) is 0 Å². The summed E-state index contributed by atoms with van der Waals surface area (Å²) in [6.45, 7) is 5.35. The Morgan fingerprint density at radius 3 is 2.49 bits per heavy atom. The molecule has 1 aromatic carbocycles. The monoisotopic (exact) mass is 511 g/mol. The maximum atomic E-state index is 11.8. The number of aliphatic hydroxyl groups is 1. The van der Waals surface area contributed by atoms with Gasteiger partial charge >= 0.3 is 0 Å². The lowest BCUT2D eigenvalue weighted by Crippen LogP contribution is -2.47. The third kappa shape index (κ3) is 6.91. The fourth-order valence-electron chi connectivity index (χ4n) is 8.28. The van der Waals surface area contributed by atoms with Gasteiger partial charge in [-0.25, -0.2) is 0 Å². The molecule has 3 aliphatic carbocycles. The summed E-state index contributed by atoms with van der Waals surface area (Å²) in [5, 5.41) is 24.0. The number of hydrogen-bond donors (Lipinski definition) is 3. The van der Waals surface area contributed by atoms with Gasteiger partial charge in [0.15, 0.2) is 0 Å². The molecule has 0 spiro atoms. The van der Waals surface area contributed by atoms with Gasteiger partial charge in [-0.15, -0.1) is 0 Å². The Hall–Kier alpha value is -1.55. The SMILES string of the molecule is CCCCNC(=O)CCCCCCCCCC[C@@H]1Cc2cc(O)ccc2[C@H]2CC[C@]3(C)[C@@H](O)CC[C@H]3[C@H]12. The van der Waals surface area contributed by atoms with E-state index in [1.165, 1.54) is 75.3 Å². The molecule has 0 aliphatic heterocycles. The summed E-state index contributed by atoms with van der Waals surface area (Å²) >= 11 is 0. The van der Waals surface area contributed by atoms with Crippen molar-refractivity contribution in [2.45, 2.75) is 135 Å². The second-order valence-electron chi connectivity index (χ2n) is 12.8. The fraction of sp³-hybridized carbons (Fsp3) is 0.788. The number of benzene rings is 1. The minimum Gasteiger partial charge on any atom is -0.508 e. The molecule has 2 saturated carbocycles. The number of rotatable bonds is 14. The third-order valence-electron chi connectivity index (χ3n) is 10.4. The second-order valence-corrected chi connectivity index (χ2v) is 12.8. The van der Waals surface area contributed by atoms with Crippen LogP contribution in [0.25, 0.3) is 0 Å². The van der Waals surface area contributed by atoms with Crippen LogP contribution in [-0.2, 0) is 11.2 Å². The van der Waals surface area contributed by atoms with Crippen molar-refractivity contribution in [3.05, 3.63) is 29.3 Å². The van der Waals surface area contributed by atoms with E-state index in [0.717, 1.165) is 45.1 Å². The highest BCUT2D eigenvalue weighted by atomic mass is 16.3. The average molecular weight is 512 g/mol. The van der Waals surface area contributed by atoms with E-state index in [4.69, 9.17) is 0 Å². The molecule has 0 unspecified atom stereocenters. The summed E-state index contributed by atoms with van der Waals surface area (Å²) in [4.78, 5) is 11.8. The van der Waals surface area contributed by atoms with Gasteiger partial charge in [0, 0.05) is 13.0 Å². The van der Waals surface area contributed by atoms with Gasteiger partial charge in [-0.1, -0.05) is 71.3 Å². The molecule has 0 bridgehead atoms. The van der Waals surface area contributed by atoms with E-state index in [9.17, 15) is 15.0 Å². The van der Waals surface area contributed by atoms with Crippen molar-refractivity contribution in [1.29, 1.82) is 0 Å². The third-order valence-corrected chi connectivity index (χ3v) is 10.4. The molecule has 6 atom stereocenters. The highest BCUT2D eigenvalue weighted by Crippen LogP contribution is 2.62. The lowest BCUT2D eigenvalue weighted by atomic mass is 9.52. The van der Waals surface area contributed by atoms with Crippen LogP contribution in [0.1, 0.15) is 134 Å². The average Bonchev–Trinajstić information content (AvgIpc) is 3.19. The standard InChI is InChI=1S/C33H53NO3/c1-3-4-21-34-31(37)14-12-10-8-6-5-7-9-11-13-24-22-25-23-26(35)15-16-27(25)28-19-20-33(2)29(32(24)28)17-18-30(33)36/h15-16,23-24,28-30,32,35-36H,3-14,17-22H2,1-2H3,(H,34,37)/t24-,28-,29+,30+,32-,33+/m1/s1. The molecular weight excluding hydrogens is 458 g/mol. The van der Waals surface area contributed by atoms with Crippen molar-refractivity contribution in [2.24, 2.45) is 23.2 Å². The summed E-state index contributed by atoms with van der Waals surface area (Å²) in [5.41, 5.74) is 2.97. The Balaban J connectivity index is 1.19. The van der Waals surface area contributed by atoms with Crippen molar-refractivity contribution < 1.29 is 15.0 Å². The number of phenolic OH excluding ortho intramolecular Hbond substituents is 1. The van der Waals surface area contributed by atoms with Gasteiger partial charge in [0.05, 0.1) is 6.10 Å². The molecule has 3 aliphatic rings. The minimum atomic E-state index is -0.129. The number of amides is 1. The molecule has 0 radical (unpaired) electrons. The van der Waals surface area contributed by atoms with Crippen molar-refractivity contribution >= 4 is 5.91 Å². The molecule has 37 heavy (non-hydrogen) atoms. The normalized spacial score (nSPS) is 30.4. The molecule has 1 aromatic rings. The first-order valence-corrected chi connectivity index (χ1v) is 15.7. The quantitative estimate of drug-likeness (QED) is 0.225. The van der Waals surface area contributed by atoms with Gasteiger partial charge in [0.25, 0.3) is 0 Å². The second kappa shape index (κ2) is 13.5. The molecular formula is C33H53NO3. The number of aromatic hydroxyl groups is 1. The number of carbonyl (C=O) groups is 1. The Morgan fingerprint density at radius 2 is 1.73 bits per heavy atom. The van der Waals surface area contributed by atoms with E-state index in [1.54, 1.807) is 0 Å². The smallest absolute Gasteiger partial charge is 0.219 e. The van der Waals surface area contributed by atoms with Gasteiger partial charge in [-0.2, -0.15) is 0 Å². The Labute approximate surface area is 226 Å². The number of phenols is 1. The first-order valence-electron chi connectivity index (χ1n) is 15.7. The van der Waals surface area contributed by atoms with Crippen molar-refractivity contribution in [3.8, 4) is 5.75 Å². The topological polar surface area (TPSA) is 69.6 Å². The summed E-state index contributed by atoms with van der Waals surface area (Å²) in [6, 6.07) is 6.12. The molecule has 2 fully saturated rings. The molecule has 0 heterocycles. The van der Waals surface area contributed by atoms with E-state index < -0.39 is 0 Å². The molecule has 4 nitrogen and oxygen atoms in total.